The third kappa shape index (κ3) is 5.25. The van der Waals surface area contributed by atoms with E-state index in [0.29, 0.717) is 24.4 Å². The first-order valence-corrected chi connectivity index (χ1v) is 11.1. The first kappa shape index (κ1) is 22.6. The zero-order valence-electron chi connectivity index (χ0n) is 18.9. The van der Waals surface area contributed by atoms with Crippen molar-refractivity contribution >= 4 is 17.8 Å². The number of nitrogens with zero attached hydrogens (tertiary/aromatic N) is 3. The van der Waals surface area contributed by atoms with Gasteiger partial charge in [-0.2, -0.15) is 0 Å². The second-order valence-corrected chi connectivity index (χ2v) is 7.87. The second kappa shape index (κ2) is 10.4. The molecule has 1 aromatic carbocycles. The Hall–Kier alpha value is -3.59. The van der Waals surface area contributed by atoms with Crippen molar-refractivity contribution in [2.45, 2.75) is 13.0 Å². The van der Waals surface area contributed by atoms with E-state index in [1.807, 2.05) is 49.4 Å². The van der Waals surface area contributed by atoms with Gasteiger partial charge in [-0.3, -0.25) is 4.90 Å². The zero-order valence-corrected chi connectivity index (χ0v) is 18.9. The molecule has 0 saturated carbocycles. The van der Waals surface area contributed by atoms with Crippen molar-refractivity contribution in [1.82, 2.24) is 20.5 Å². The van der Waals surface area contributed by atoms with Crippen molar-refractivity contribution in [1.29, 1.82) is 0 Å². The molecule has 1 unspecified atom stereocenters. The number of amides is 2. The zero-order chi connectivity index (χ0) is 23.2. The third-order valence-corrected chi connectivity index (χ3v) is 5.81. The van der Waals surface area contributed by atoms with Gasteiger partial charge in [0.05, 0.1) is 25.3 Å². The lowest BCUT2D eigenvalue weighted by molar-refractivity contribution is -0.136. The van der Waals surface area contributed by atoms with E-state index in [1.54, 1.807) is 6.20 Å². The molecule has 0 bridgehead atoms. The summed E-state index contributed by atoms with van der Waals surface area (Å²) in [4.78, 5) is 34.2. The van der Waals surface area contributed by atoms with Crippen molar-refractivity contribution in [2.24, 2.45) is 0 Å². The lowest BCUT2D eigenvalue weighted by atomic mass is 9.95. The molecule has 1 atom stereocenters. The molecule has 2 amide bonds. The number of urea groups is 1. The number of piperazine rings is 1. The lowest BCUT2D eigenvalue weighted by Crippen LogP contribution is -2.51. The maximum absolute atomic E-state index is 12.8. The number of carbonyl (C=O) groups excluding carboxylic acids is 2. The number of benzene rings is 1. The van der Waals surface area contributed by atoms with Gasteiger partial charge in [-0.1, -0.05) is 18.2 Å². The molecule has 1 saturated heterocycles. The quantitative estimate of drug-likeness (QED) is 0.623. The minimum atomic E-state index is -0.605. The molecule has 9 nitrogen and oxygen atoms in total. The molecule has 2 aromatic rings. The summed E-state index contributed by atoms with van der Waals surface area (Å²) in [7, 11) is 1.35. The Morgan fingerprint density at radius 3 is 2.52 bits per heavy atom. The summed E-state index contributed by atoms with van der Waals surface area (Å²) in [5.41, 5.74) is 1.76. The van der Waals surface area contributed by atoms with Crippen LogP contribution in [-0.2, 0) is 9.53 Å². The predicted octanol–water partition coefficient (Wildman–Crippen LogP) is 2.08. The highest BCUT2D eigenvalue weighted by atomic mass is 16.5. The molecular weight excluding hydrogens is 422 g/mol. The summed E-state index contributed by atoms with van der Waals surface area (Å²) in [6.07, 6.45) is 1.79. The highest BCUT2D eigenvalue weighted by Gasteiger charge is 2.34. The van der Waals surface area contributed by atoms with Crippen LogP contribution in [0.15, 0.2) is 59.9 Å². The maximum Gasteiger partial charge on any atom is 0.338 e. The number of esters is 1. The molecule has 174 valence electrons. The lowest BCUT2D eigenvalue weighted by Gasteiger charge is -2.37. The van der Waals surface area contributed by atoms with Crippen LogP contribution in [0.4, 0.5) is 10.6 Å². The molecule has 9 heteroatoms. The number of carbonyl (C=O) groups is 2. The Kier molecular flexibility index (Phi) is 7.09. The van der Waals surface area contributed by atoms with Gasteiger partial charge in [0.15, 0.2) is 0 Å². The SMILES string of the molecule is CCOc1ccc(C2NC(=O)NC(CN3CCN(c4ccccn4)CC3)=C2C(=O)OC)cc1. The van der Waals surface area contributed by atoms with E-state index in [-0.39, 0.29) is 6.03 Å². The highest BCUT2D eigenvalue weighted by molar-refractivity contribution is 5.95. The summed E-state index contributed by atoms with van der Waals surface area (Å²) in [6.45, 7) is 6.12. The molecule has 33 heavy (non-hydrogen) atoms. The molecule has 2 N–H and O–H groups in total. The molecule has 0 radical (unpaired) electrons. The van der Waals surface area contributed by atoms with Gasteiger partial charge in [0.1, 0.15) is 11.6 Å². The van der Waals surface area contributed by atoms with Gasteiger partial charge in [-0.15, -0.1) is 0 Å². The molecule has 0 aliphatic carbocycles. The van der Waals surface area contributed by atoms with Gasteiger partial charge in [0, 0.05) is 44.6 Å². The Balaban J connectivity index is 1.53. The Labute approximate surface area is 193 Å². The van der Waals surface area contributed by atoms with Crippen molar-refractivity contribution < 1.29 is 19.1 Å². The van der Waals surface area contributed by atoms with Crippen molar-refractivity contribution in [3.05, 3.63) is 65.5 Å². The number of pyridine rings is 1. The summed E-state index contributed by atoms with van der Waals surface area (Å²) < 4.78 is 10.6. The monoisotopic (exact) mass is 451 g/mol. The van der Waals surface area contributed by atoms with E-state index in [0.717, 1.165) is 43.3 Å². The first-order chi connectivity index (χ1) is 16.1. The van der Waals surface area contributed by atoms with Crippen LogP contribution in [0.3, 0.4) is 0 Å². The number of nitrogens with one attached hydrogen (secondary N) is 2. The van der Waals surface area contributed by atoms with Crippen LogP contribution in [0.2, 0.25) is 0 Å². The van der Waals surface area contributed by atoms with Crippen LogP contribution >= 0.6 is 0 Å². The first-order valence-electron chi connectivity index (χ1n) is 11.1. The van der Waals surface area contributed by atoms with E-state index in [4.69, 9.17) is 9.47 Å². The van der Waals surface area contributed by atoms with Gasteiger partial charge in [0.25, 0.3) is 0 Å². The van der Waals surface area contributed by atoms with Gasteiger partial charge in [0.2, 0.25) is 0 Å². The Morgan fingerprint density at radius 1 is 1.12 bits per heavy atom. The summed E-state index contributed by atoms with van der Waals surface area (Å²) in [6, 6.07) is 12.3. The number of ether oxygens (including phenoxy) is 2. The molecule has 4 rings (SSSR count). The van der Waals surface area contributed by atoms with Gasteiger partial charge >= 0.3 is 12.0 Å². The topological polar surface area (TPSA) is 96.0 Å². The molecular formula is C24H29N5O4. The Morgan fingerprint density at radius 2 is 1.88 bits per heavy atom. The van der Waals surface area contributed by atoms with E-state index in [2.05, 4.69) is 25.4 Å². The largest absolute Gasteiger partial charge is 0.494 e. The van der Waals surface area contributed by atoms with Gasteiger partial charge in [-0.25, -0.2) is 14.6 Å². The fourth-order valence-corrected chi connectivity index (χ4v) is 4.17. The average Bonchev–Trinajstić information content (AvgIpc) is 2.85. The number of hydrogen-bond donors (Lipinski definition) is 2. The number of anilines is 1. The smallest absolute Gasteiger partial charge is 0.338 e. The molecule has 3 heterocycles. The van der Waals surface area contributed by atoms with Crippen LogP contribution in [-0.4, -0.2) is 68.3 Å². The van der Waals surface area contributed by atoms with Crippen LogP contribution in [0.1, 0.15) is 18.5 Å². The number of rotatable bonds is 7. The fraction of sp³-hybridized carbons (Fsp3) is 0.375. The highest BCUT2D eigenvalue weighted by Crippen LogP contribution is 2.29. The predicted molar refractivity (Wildman–Crippen MR) is 124 cm³/mol. The van der Waals surface area contributed by atoms with Crippen molar-refractivity contribution in [2.75, 3.05) is 51.3 Å². The van der Waals surface area contributed by atoms with Gasteiger partial charge in [-0.05, 0) is 36.8 Å². The molecule has 1 aromatic heterocycles. The van der Waals surface area contributed by atoms with Crippen molar-refractivity contribution in [3.8, 4) is 5.75 Å². The average molecular weight is 452 g/mol. The fourth-order valence-electron chi connectivity index (χ4n) is 4.17. The van der Waals surface area contributed by atoms with E-state index in [1.165, 1.54) is 7.11 Å². The minimum Gasteiger partial charge on any atom is -0.494 e. The number of aromatic nitrogens is 1. The summed E-state index contributed by atoms with van der Waals surface area (Å²) >= 11 is 0. The van der Waals surface area contributed by atoms with E-state index >= 15 is 0 Å². The van der Waals surface area contributed by atoms with Crippen LogP contribution in [0, 0.1) is 0 Å². The maximum atomic E-state index is 12.8. The number of hydrogen-bond acceptors (Lipinski definition) is 7. The van der Waals surface area contributed by atoms with Crippen molar-refractivity contribution in [3.63, 3.8) is 0 Å². The second-order valence-electron chi connectivity index (χ2n) is 7.87. The minimum absolute atomic E-state index is 0.344. The number of methoxy groups -OCH3 is 1. The van der Waals surface area contributed by atoms with Crippen LogP contribution < -0.4 is 20.3 Å². The van der Waals surface area contributed by atoms with Crippen LogP contribution in [0.5, 0.6) is 5.75 Å². The Bertz CT molecular complexity index is 1000. The summed E-state index contributed by atoms with van der Waals surface area (Å²) in [5, 5.41) is 5.70. The molecule has 2 aliphatic heterocycles. The summed E-state index contributed by atoms with van der Waals surface area (Å²) in [5.74, 6) is 1.22. The van der Waals surface area contributed by atoms with E-state index < -0.39 is 12.0 Å². The van der Waals surface area contributed by atoms with Crippen LogP contribution in [0.25, 0.3) is 0 Å². The van der Waals surface area contributed by atoms with Gasteiger partial charge < -0.3 is 25.0 Å². The molecule has 2 aliphatic rings. The molecule has 1 fully saturated rings. The standard InChI is InChI=1S/C24H29N5O4/c1-3-33-18-9-7-17(8-10-18)22-21(23(30)32-2)19(26-24(31)27-22)16-28-12-14-29(15-13-28)20-6-4-5-11-25-20/h4-11,22H,3,12-16H2,1-2H3,(H2,26,27,31). The molecule has 0 spiro atoms. The third-order valence-electron chi connectivity index (χ3n) is 5.81. The van der Waals surface area contributed by atoms with E-state index in [9.17, 15) is 9.59 Å². The normalized spacial score (nSPS) is 19.0.